The monoisotopic (exact) mass is 343 g/mol. The molecule has 0 radical (unpaired) electrons. The summed E-state index contributed by atoms with van der Waals surface area (Å²) in [6, 6.07) is 3.81. The molecule has 0 aliphatic heterocycles. The molecule has 0 spiro atoms. The fourth-order valence-electron chi connectivity index (χ4n) is 2.25. The third-order valence-corrected chi connectivity index (χ3v) is 4.70. The molecule has 3 rings (SSSR count). The summed E-state index contributed by atoms with van der Waals surface area (Å²) >= 11 is 1.34. The van der Waals surface area contributed by atoms with Crippen molar-refractivity contribution in [3.63, 3.8) is 0 Å². The summed E-state index contributed by atoms with van der Waals surface area (Å²) in [5, 5.41) is 3.58. The number of aryl methyl sites for hydroxylation is 2. The smallest absolute Gasteiger partial charge is 0.263 e. The maximum atomic E-state index is 12.3. The van der Waals surface area contributed by atoms with E-state index < -0.39 is 0 Å². The molecule has 0 saturated heterocycles. The van der Waals surface area contributed by atoms with Gasteiger partial charge < -0.3 is 9.88 Å². The minimum Gasteiger partial charge on any atom is -0.349 e. The second-order valence-electron chi connectivity index (χ2n) is 5.33. The molecule has 0 bridgehead atoms. The summed E-state index contributed by atoms with van der Waals surface area (Å²) in [6.45, 7) is 4.25. The molecular weight excluding hydrogens is 326 g/mol. The zero-order valence-corrected chi connectivity index (χ0v) is 14.2. The molecule has 0 aliphatic rings. The molecule has 0 aliphatic carbocycles. The number of thiazole rings is 1. The van der Waals surface area contributed by atoms with Gasteiger partial charge in [-0.15, -0.1) is 0 Å². The number of hydrogen-bond acceptors (Lipinski definition) is 5. The van der Waals surface area contributed by atoms with E-state index in [0.717, 1.165) is 5.13 Å². The highest BCUT2D eigenvalue weighted by Gasteiger charge is 2.15. The molecule has 0 saturated carbocycles. The molecule has 8 heteroatoms. The average molecular weight is 343 g/mol. The second kappa shape index (κ2) is 6.79. The van der Waals surface area contributed by atoms with Gasteiger partial charge in [0.2, 0.25) is 0 Å². The Kier molecular flexibility index (Phi) is 4.57. The van der Waals surface area contributed by atoms with Crippen molar-refractivity contribution in [2.75, 3.05) is 6.54 Å². The maximum Gasteiger partial charge on any atom is 0.263 e. The summed E-state index contributed by atoms with van der Waals surface area (Å²) in [6.07, 6.45) is 6.78. The SMILES string of the molecule is Cc1nc(-n2cccc2)sc1C(=O)NCCn1cncc(C)c1=O. The van der Waals surface area contributed by atoms with Crippen molar-refractivity contribution in [2.45, 2.75) is 20.4 Å². The quantitative estimate of drug-likeness (QED) is 0.762. The molecule has 1 amide bonds. The van der Waals surface area contributed by atoms with E-state index in [1.807, 2.05) is 36.0 Å². The Bertz CT molecular complexity index is 911. The summed E-state index contributed by atoms with van der Waals surface area (Å²) in [7, 11) is 0. The molecule has 0 unspecified atom stereocenters. The molecule has 7 nitrogen and oxygen atoms in total. The van der Waals surface area contributed by atoms with E-state index in [0.29, 0.717) is 29.2 Å². The van der Waals surface area contributed by atoms with Gasteiger partial charge in [0, 0.05) is 37.2 Å². The number of amides is 1. The number of rotatable bonds is 5. The number of nitrogens with zero attached hydrogens (tertiary/aromatic N) is 4. The molecule has 0 atom stereocenters. The minimum atomic E-state index is -0.183. The Morgan fingerprint density at radius 3 is 2.79 bits per heavy atom. The number of carbonyl (C=O) groups is 1. The predicted octanol–water partition coefficient (Wildman–Crippen LogP) is 1.54. The largest absolute Gasteiger partial charge is 0.349 e. The lowest BCUT2D eigenvalue weighted by Gasteiger charge is -2.07. The summed E-state index contributed by atoms with van der Waals surface area (Å²) in [5.74, 6) is -0.183. The number of hydrogen-bond donors (Lipinski definition) is 1. The standard InChI is InChI=1S/C16H17N5O2S/c1-11-9-17-10-21(15(11)23)8-5-18-14(22)13-12(2)19-16(24-13)20-6-3-4-7-20/h3-4,6-7,9-10H,5,8H2,1-2H3,(H,18,22). The van der Waals surface area contributed by atoms with Crippen LogP contribution in [0.1, 0.15) is 20.9 Å². The third-order valence-electron chi connectivity index (χ3n) is 3.53. The van der Waals surface area contributed by atoms with E-state index in [1.165, 1.54) is 28.4 Å². The fourth-order valence-corrected chi connectivity index (χ4v) is 3.21. The van der Waals surface area contributed by atoms with E-state index in [-0.39, 0.29) is 11.5 Å². The van der Waals surface area contributed by atoms with Crippen LogP contribution >= 0.6 is 11.3 Å². The Balaban J connectivity index is 1.65. The van der Waals surface area contributed by atoms with Crippen molar-refractivity contribution in [1.82, 2.24) is 24.4 Å². The van der Waals surface area contributed by atoms with Crippen LogP contribution in [0.4, 0.5) is 0 Å². The molecule has 3 aromatic heterocycles. The molecule has 1 N–H and O–H groups in total. The first-order valence-corrected chi connectivity index (χ1v) is 8.28. The Morgan fingerprint density at radius 1 is 1.29 bits per heavy atom. The number of nitrogens with one attached hydrogen (secondary N) is 1. The highest BCUT2D eigenvalue weighted by atomic mass is 32.1. The fraction of sp³-hybridized carbons (Fsp3) is 0.250. The lowest BCUT2D eigenvalue weighted by molar-refractivity contribution is 0.0955. The summed E-state index contributed by atoms with van der Waals surface area (Å²) < 4.78 is 3.35. The van der Waals surface area contributed by atoms with Gasteiger partial charge in [-0.2, -0.15) is 0 Å². The van der Waals surface area contributed by atoms with Gasteiger partial charge in [0.25, 0.3) is 11.5 Å². The van der Waals surface area contributed by atoms with Gasteiger partial charge in [0.1, 0.15) is 4.88 Å². The minimum absolute atomic E-state index is 0.0943. The van der Waals surface area contributed by atoms with Crippen LogP contribution in [0.25, 0.3) is 5.13 Å². The van der Waals surface area contributed by atoms with Crippen LogP contribution in [0.2, 0.25) is 0 Å². The van der Waals surface area contributed by atoms with Crippen LogP contribution in [0.5, 0.6) is 0 Å². The van der Waals surface area contributed by atoms with Crippen molar-refractivity contribution in [2.24, 2.45) is 0 Å². The molecular formula is C16H17N5O2S. The van der Waals surface area contributed by atoms with Crippen LogP contribution in [-0.2, 0) is 6.54 Å². The first-order chi connectivity index (χ1) is 11.6. The maximum absolute atomic E-state index is 12.3. The van der Waals surface area contributed by atoms with Gasteiger partial charge in [-0.3, -0.25) is 14.2 Å². The Labute approximate surface area is 142 Å². The molecule has 124 valence electrons. The van der Waals surface area contributed by atoms with Gasteiger partial charge in [0.05, 0.1) is 12.0 Å². The lowest BCUT2D eigenvalue weighted by atomic mass is 10.3. The van der Waals surface area contributed by atoms with Gasteiger partial charge in [-0.25, -0.2) is 9.97 Å². The van der Waals surface area contributed by atoms with Crippen LogP contribution in [0.3, 0.4) is 0 Å². The van der Waals surface area contributed by atoms with Gasteiger partial charge in [-0.1, -0.05) is 11.3 Å². The van der Waals surface area contributed by atoms with Crippen molar-refractivity contribution in [3.8, 4) is 5.13 Å². The van der Waals surface area contributed by atoms with E-state index in [2.05, 4.69) is 15.3 Å². The molecule has 3 aromatic rings. The van der Waals surface area contributed by atoms with Crippen molar-refractivity contribution < 1.29 is 4.79 Å². The normalized spacial score (nSPS) is 10.8. The number of aromatic nitrogens is 4. The third kappa shape index (κ3) is 3.28. The van der Waals surface area contributed by atoms with Crippen LogP contribution in [0, 0.1) is 13.8 Å². The van der Waals surface area contributed by atoms with E-state index in [4.69, 9.17) is 0 Å². The van der Waals surface area contributed by atoms with E-state index in [9.17, 15) is 9.59 Å². The predicted molar refractivity (Wildman–Crippen MR) is 91.7 cm³/mol. The summed E-state index contributed by atoms with van der Waals surface area (Å²) in [5.41, 5.74) is 1.18. The van der Waals surface area contributed by atoms with Gasteiger partial charge >= 0.3 is 0 Å². The van der Waals surface area contributed by atoms with E-state index in [1.54, 1.807) is 6.92 Å². The zero-order chi connectivity index (χ0) is 17.1. The van der Waals surface area contributed by atoms with E-state index >= 15 is 0 Å². The van der Waals surface area contributed by atoms with Crippen molar-refractivity contribution >= 4 is 17.2 Å². The highest BCUT2D eigenvalue weighted by Crippen LogP contribution is 2.21. The average Bonchev–Trinajstić information content (AvgIpc) is 3.20. The van der Waals surface area contributed by atoms with Crippen LogP contribution in [-0.4, -0.2) is 31.6 Å². The van der Waals surface area contributed by atoms with Crippen molar-refractivity contribution in [1.29, 1.82) is 0 Å². The number of carbonyl (C=O) groups excluding carboxylic acids is 1. The lowest BCUT2D eigenvalue weighted by Crippen LogP contribution is -2.31. The topological polar surface area (TPSA) is 81.8 Å². The Hall–Kier alpha value is -2.74. The molecule has 24 heavy (non-hydrogen) atoms. The zero-order valence-electron chi connectivity index (χ0n) is 13.4. The van der Waals surface area contributed by atoms with Gasteiger partial charge in [-0.05, 0) is 26.0 Å². The first kappa shape index (κ1) is 16.1. The second-order valence-corrected chi connectivity index (χ2v) is 6.31. The van der Waals surface area contributed by atoms with Crippen LogP contribution < -0.4 is 10.9 Å². The molecule has 3 heterocycles. The Morgan fingerprint density at radius 2 is 2.04 bits per heavy atom. The van der Waals surface area contributed by atoms with Gasteiger partial charge in [0.15, 0.2) is 5.13 Å². The first-order valence-electron chi connectivity index (χ1n) is 7.46. The summed E-state index contributed by atoms with van der Waals surface area (Å²) in [4.78, 5) is 33.2. The van der Waals surface area contributed by atoms with Crippen LogP contribution in [0.15, 0.2) is 41.8 Å². The molecule has 0 fully saturated rings. The molecule has 0 aromatic carbocycles. The highest BCUT2D eigenvalue weighted by molar-refractivity contribution is 7.16. The van der Waals surface area contributed by atoms with Crippen molar-refractivity contribution in [3.05, 3.63) is 63.5 Å².